The van der Waals surface area contributed by atoms with Gasteiger partial charge in [0.25, 0.3) is 0 Å². The molecule has 0 amide bonds. The highest BCUT2D eigenvalue weighted by atomic mass is 15.2. The van der Waals surface area contributed by atoms with Crippen molar-refractivity contribution in [1.29, 1.82) is 0 Å². The molecule has 0 aromatic carbocycles. The minimum atomic E-state index is -0.0303. The third kappa shape index (κ3) is 3.41. The van der Waals surface area contributed by atoms with Crippen molar-refractivity contribution >= 4 is 11.6 Å². The molecule has 20 heavy (non-hydrogen) atoms. The van der Waals surface area contributed by atoms with Crippen LogP contribution in [0.25, 0.3) is 0 Å². The van der Waals surface area contributed by atoms with E-state index in [1.165, 1.54) is 19.3 Å². The molecule has 0 unspecified atom stereocenters. The van der Waals surface area contributed by atoms with Gasteiger partial charge in [0.1, 0.15) is 17.5 Å². The van der Waals surface area contributed by atoms with E-state index in [9.17, 15) is 0 Å². The Morgan fingerprint density at radius 2 is 2.00 bits per heavy atom. The van der Waals surface area contributed by atoms with E-state index in [1.54, 1.807) is 0 Å². The fourth-order valence-corrected chi connectivity index (χ4v) is 2.43. The topological polar surface area (TPSA) is 41.0 Å². The second-order valence-corrected chi connectivity index (χ2v) is 6.77. The van der Waals surface area contributed by atoms with Gasteiger partial charge in [-0.05, 0) is 25.7 Å². The number of rotatable bonds is 5. The molecule has 0 radical (unpaired) electrons. The lowest BCUT2D eigenvalue weighted by molar-refractivity contribution is 0.318. The van der Waals surface area contributed by atoms with Crippen LogP contribution in [0.1, 0.15) is 52.8 Å². The molecule has 0 atom stereocenters. The summed E-state index contributed by atoms with van der Waals surface area (Å²) in [6, 6.07) is 2.07. The Balaban J connectivity index is 2.27. The smallest absolute Gasteiger partial charge is 0.138 e. The molecule has 1 saturated carbocycles. The Kier molecular flexibility index (Phi) is 4.51. The predicted octanol–water partition coefficient (Wildman–Crippen LogP) is 3.44. The van der Waals surface area contributed by atoms with Crippen LogP contribution in [-0.4, -0.2) is 30.1 Å². The van der Waals surface area contributed by atoms with E-state index >= 15 is 0 Å². The number of aromatic nitrogens is 2. The van der Waals surface area contributed by atoms with Gasteiger partial charge in [0.2, 0.25) is 0 Å². The highest BCUT2D eigenvalue weighted by Gasteiger charge is 2.23. The summed E-state index contributed by atoms with van der Waals surface area (Å²) in [5.74, 6) is 3.73. The highest BCUT2D eigenvalue weighted by Crippen LogP contribution is 2.30. The number of anilines is 2. The lowest BCUT2D eigenvalue weighted by Crippen LogP contribution is -2.33. The van der Waals surface area contributed by atoms with Gasteiger partial charge in [0.15, 0.2) is 0 Å². The average molecular weight is 276 g/mol. The zero-order valence-corrected chi connectivity index (χ0v) is 13.5. The van der Waals surface area contributed by atoms with Crippen LogP contribution in [0.2, 0.25) is 0 Å². The normalized spacial score (nSPS) is 15.8. The Labute approximate surface area is 123 Å². The van der Waals surface area contributed by atoms with Gasteiger partial charge in [-0.3, -0.25) is 0 Å². The second kappa shape index (κ2) is 5.98. The summed E-state index contributed by atoms with van der Waals surface area (Å²) in [7, 11) is 1.92. The molecule has 4 nitrogen and oxygen atoms in total. The first-order valence-electron chi connectivity index (χ1n) is 7.76. The molecule has 1 aliphatic rings. The van der Waals surface area contributed by atoms with Gasteiger partial charge in [0.05, 0.1) is 0 Å². The van der Waals surface area contributed by atoms with Gasteiger partial charge in [-0.1, -0.05) is 27.2 Å². The first kappa shape index (κ1) is 15.1. The van der Waals surface area contributed by atoms with Crippen molar-refractivity contribution in [3.63, 3.8) is 0 Å². The van der Waals surface area contributed by atoms with E-state index in [2.05, 4.69) is 49.0 Å². The summed E-state index contributed by atoms with van der Waals surface area (Å²) >= 11 is 0. The fraction of sp³-hybridized carbons (Fsp3) is 0.750. The number of hydrogen-bond donors (Lipinski definition) is 1. The van der Waals surface area contributed by atoms with Crippen molar-refractivity contribution < 1.29 is 0 Å². The monoisotopic (exact) mass is 276 g/mol. The molecule has 1 fully saturated rings. The van der Waals surface area contributed by atoms with Crippen LogP contribution in [0, 0.1) is 5.92 Å². The largest absolute Gasteiger partial charge is 0.373 e. The van der Waals surface area contributed by atoms with Crippen molar-refractivity contribution in [2.75, 3.05) is 30.4 Å². The van der Waals surface area contributed by atoms with Crippen LogP contribution >= 0.6 is 0 Å². The maximum absolute atomic E-state index is 4.81. The van der Waals surface area contributed by atoms with Crippen molar-refractivity contribution in [1.82, 2.24) is 9.97 Å². The van der Waals surface area contributed by atoms with Gasteiger partial charge in [-0.15, -0.1) is 0 Å². The molecular weight excluding hydrogens is 248 g/mol. The maximum Gasteiger partial charge on any atom is 0.138 e. The van der Waals surface area contributed by atoms with Crippen LogP contribution < -0.4 is 10.2 Å². The van der Waals surface area contributed by atoms with E-state index in [-0.39, 0.29) is 5.41 Å². The first-order valence-corrected chi connectivity index (χ1v) is 7.76. The summed E-state index contributed by atoms with van der Waals surface area (Å²) in [6.45, 7) is 10.8. The Morgan fingerprint density at radius 1 is 1.30 bits per heavy atom. The zero-order valence-electron chi connectivity index (χ0n) is 13.5. The molecular formula is C16H28N4. The Hall–Kier alpha value is -1.32. The molecule has 112 valence electrons. The molecule has 2 rings (SSSR count). The molecule has 4 heteroatoms. The lowest BCUT2D eigenvalue weighted by Gasteiger charge is -2.33. The minimum absolute atomic E-state index is 0.0303. The summed E-state index contributed by atoms with van der Waals surface area (Å²) < 4.78 is 0. The maximum atomic E-state index is 4.81. The molecule has 1 aromatic heterocycles. The number of hydrogen-bond acceptors (Lipinski definition) is 4. The van der Waals surface area contributed by atoms with E-state index in [0.717, 1.165) is 36.5 Å². The molecule has 0 bridgehead atoms. The van der Waals surface area contributed by atoms with E-state index in [1.807, 2.05) is 7.05 Å². The van der Waals surface area contributed by atoms with E-state index in [4.69, 9.17) is 4.98 Å². The standard InChI is InChI=1S/C16H28N4/c1-6-20(11-12-8-7-9-12)14-10-13(17-5)18-15(19-14)16(2,3)4/h10,12H,6-9,11H2,1-5H3,(H,17,18,19). The number of nitrogens with one attached hydrogen (secondary N) is 1. The second-order valence-electron chi connectivity index (χ2n) is 6.77. The Morgan fingerprint density at radius 3 is 2.45 bits per heavy atom. The summed E-state index contributed by atoms with van der Waals surface area (Å²) in [6.07, 6.45) is 4.13. The molecule has 1 heterocycles. The van der Waals surface area contributed by atoms with Gasteiger partial charge in [0, 0.05) is 31.6 Å². The summed E-state index contributed by atoms with van der Waals surface area (Å²) in [5.41, 5.74) is -0.0303. The van der Waals surface area contributed by atoms with Crippen LogP contribution in [0.15, 0.2) is 6.07 Å². The zero-order chi connectivity index (χ0) is 14.8. The van der Waals surface area contributed by atoms with Crippen LogP contribution in [-0.2, 0) is 5.41 Å². The predicted molar refractivity (Wildman–Crippen MR) is 85.5 cm³/mol. The quantitative estimate of drug-likeness (QED) is 0.894. The molecule has 0 saturated heterocycles. The van der Waals surface area contributed by atoms with Crippen molar-refractivity contribution in [2.45, 2.75) is 52.4 Å². The van der Waals surface area contributed by atoms with Crippen LogP contribution in [0.4, 0.5) is 11.6 Å². The van der Waals surface area contributed by atoms with Crippen molar-refractivity contribution in [2.24, 2.45) is 5.92 Å². The molecule has 1 N–H and O–H groups in total. The first-order chi connectivity index (χ1) is 9.44. The Bertz CT molecular complexity index is 446. The number of nitrogens with zero attached hydrogens (tertiary/aromatic N) is 3. The fourth-order valence-electron chi connectivity index (χ4n) is 2.43. The van der Waals surface area contributed by atoms with Crippen molar-refractivity contribution in [3.05, 3.63) is 11.9 Å². The van der Waals surface area contributed by atoms with E-state index in [0.29, 0.717) is 0 Å². The third-order valence-corrected chi connectivity index (χ3v) is 4.05. The average Bonchev–Trinajstić information content (AvgIpc) is 2.36. The van der Waals surface area contributed by atoms with Gasteiger partial charge in [-0.2, -0.15) is 0 Å². The lowest BCUT2D eigenvalue weighted by atomic mass is 9.85. The third-order valence-electron chi connectivity index (χ3n) is 4.05. The molecule has 0 spiro atoms. The van der Waals surface area contributed by atoms with E-state index < -0.39 is 0 Å². The van der Waals surface area contributed by atoms with Gasteiger partial charge < -0.3 is 10.2 Å². The van der Waals surface area contributed by atoms with Crippen molar-refractivity contribution in [3.8, 4) is 0 Å². The van der Waals surface area contributed by atoms with Gasteiger partial charge >= 0.3 is 0 Å². The summed E-state index contributed by atoms with van der Waals surface area (Å²) in [5, 5.41) is 3.16. The van der Waals surface area contributed by atoms with Gasteiger partial charge in [-0.25, -0.2) is 9.97 Å². The molecule has 1 aromatic rings. The van der Waals surface area contributed by atoms with Crippen LogP contribution in [0.3, 0.4) is 0 Å². The SMILES string of the molecule is CCN(CC1CCC1)c1cc(NC)nc(C(C)(C)C)n1. The molecule has 0 aliphatic heterocycles. The molecule has 1 aliphatic carbocycles. The van der Waals surface area contributed by atoms with Crippen LogP contribution in [0.5, 0.6) is 0 Å². The highest BCUT2D eigenvalue weighted by molar-refractivity contribution is 5.49. The minimum Gasteiger partial charge on any atom is -0.373 e. The summed E-state index contributed by atoms with van der Waals surface area (Å²) in [4.78, 5) is 11.8.